The van der Waals surface area contributed by atoms with Crippen LogP contribution in [0.3, 0.4) is 0 Å². The Kier molecular flexibility index (Phi) is 5.81. The van der Waals surface area contributed by atoms with Gasteiger partial charge in [-0.05, 0) is 13.8 Å². The zero-order valence-corrected chi connectivity index (χ0v) is 11.9. The van der Waals surface area contributed by atoms with Gasteiger partial charge in [-0.25, -0.2) is 4.79 Å². The van der Waals surface area contributed by atoms with Crippen molar-refractivity contribution >= 4 is 23.7 Å². The Balaban J connectivity index is 2.97. The first kappa shape index (κ1) is 15.5. The molecule has 1 unspecified atom stereocenters. The third-order valence-electron chi connectivity index (χ3n) is 2.39. The fraction of sp³-hybridized carbons (Fsp3) is 0.636. The van der Waals surface area contributed by atoms with Crippen LogP contribution in [0.1, 0.15) is 32.6 Å². The van der Waals surface area contributed by atoms with E-state index in [4.69, 9.17) is 9.84 Å². The largest absolute Gasteiger partial charge is 0.481 e. The third kappa shape index (κ3) is 3.95. The van der Waals surface area contributed by atoms with Crippen molar-refractivity contribution in [2.45, 2.75) is 38.4 Å². The van der Waals surface area contributed by atoms with Gasteiger partial charge in [0.15, 0.2) is 5.16 Å². The van der Waals surface area contributed by atoms with Gasteiger partial charge < -0.3 is 9.84 Å². The van der Waals surface area contributed by atoms with E-state index in [0.717, 1.165) is 11.8 Å². The Morgan fingerprint density at radius 1 is 1.42 bits per heavy atom. The number of hydrogen-bond donors (Lipinski definition) is 1. The lowest BCUT2D eigenvalue weighted by atomic mass is 10.3. The average molecular weight is 287 g/mol. The molecule has 0 aliphatic heterocycles. The van der Waals surface area contributed by atoms with Crippen molar-refractivity contribution in [3.05, 3.63) is 5.82 Å². The van der Waals surface area contributed by atoms with Crippen LogP contribution in [-0.4, -0.2) is 44.2 Å². The van der Waals surface area contributed by atoms with Crippen LogP contribution in [0.25, 0.3) is 0 Å². The quantitative estimate of drug-likeness (QED) is 0.593. The van der Waals surface area contributed by atoms with Crippen molar-refractivity contribution in [3.63, 3.8) is 0 Å². The molecular weight excluding hydrogens is 270 g/mol. The lowest BCUT2D eigenvalue weighted by Gasteiger charge is -2.15. The van der Waals surface area contributed by atoms with Crippen molar-refractivity contribution in [3.8, 4) is 0 Å². The Hall–Kier alpha value is -1.57. The molecule has 0 bridgehead atoms. The lowest BCUT2D eigenvalue weighted by Crippen LogP contribution is -2.21. The highest BCUT2D eigenvalue weighted by Gasteiger charge is 2.23. The van der Waals surface area contributed by atoms with Crippen LogP contribution in [0.5, 0.6) is 0 Å². The first-order valence-electron chi connectivity index (χ1n) is 5.96. The number of rotatable bonds is 7. The van der Waals surface area contributed by atoms with Gasteiger partial charge in [-0.3, -0.25) is 9.36 Å². The topological polar surface area (TPSA) is 94.3 Å². The molecule has 7 nitrogen and oxygen atoms in total. The Labute approximate surface area is 115 Å². The maximum absolute atomic E-state index is 11.8. The summed E-state index contributed by atoms with van der Waals surface area (Å²) in [6.45, 7) is 5.61. The minimum absolute atomic E-state index is 0.128. The maximum atomic E-state index is 11.8. The number of aromatic nitrogens is 3. The van der Waals surface area contributed by atoms with E-state index >= 15 is 0 Å². The number of thioether (sulfide) groups is 1. The summed E-state index contributed by atoms with van der Waals surface area (Å²) in [5.41, 5.74) is 0. The van der Waals surface area contributed by atoms with Crippen LogP contribution in [-0.2, 0) is 20.7 Å². The smallest absolute Gasteiger partial charge is 0.328 e. The van der Waals surface area contributed by atoms with Gasteiger partial charge in [0, 0.05) is 6.42 Å². The van der Waals surface area contributed by atoms with Gasteiger partial charge in [0.25, 0.3) is 0 Å². The number of carboxylic acid groups (broad SMARTS) is 1. The molecule has 1 aromatic rings. The molecule has 1 aromatic heterocycles. The molecular formula is C11H17N3O4S. The fourth-order valence-corrected chi connectivity index (χ4v) is 2.28. The Morgan fingerprint density at radius 2 is 2.11 bits per heavy atom. The van der Waals surface area contributed by atoms with Crippen molar-refractivity contribution in [1.29, 1.82) is 0 Å². The molecule has 0 fully saturated rings. The minimum Gasteiger partial charge on any atom is -0.481 e. The van der Waals surface area contributed by atoms with E-state index in [0.29, 0.717) is 24.0 Å². The summed E-state index contributed by atoms with van der Waals surface area (Å²) in [6, 6.07) is -0.568. The number of esters is 1. The third-order valence-corrected chi connectivity index (χ3v) is 3.32. The van der Waals surface area contributed by atoms with Crippen LogP contribution in [0.15, 0.2) is 5.16 Å². The first-order chi connectivity index (χ1) is 9.01. The summed E-state index contributed by atoms with van der Waals surface area (Å²) in [5, 5.41) is 17.0. The Bertz CT molecular complexity index is 461. The van der Waals surface area contributed by atoms with Crippen LogP contribution < -0.4 is 0 Å². The highest BCUT2D eigenvalue weighted by Crippen LogP contribution is 2.22. The number of hydrogen-bond acceptors (Lipinski definition) is 6. The monoisotopic (exact) mass is 287 g/mol. The number of aliphatic carboxylic acids is 1. The van der Waals surface area contributed by atoms with Gasteiger partial charge in [0.1, 0.15) is 11.9 Å². The van der Waals surface area contributed by atoms with Crippen molar-refractivity contribution in [2.75, 3.05) is 12.4 Å². The van der Waals surface area contributed by atoms with Crippen molar-refractivity contribution < 1.29 is 19.4 Å². The highest BCUT2D eigenvalue weighted by molar-refractivity contribution is 7.99. The predicted octanol–water partition coefficient (Wildman–Crippen LogP) is 1.14. The van der Waals surface area contributed by atoms with E-state index in [2.05, 4.69) is 10.2 Å². The molecule has 0 saturated carbocycles. The zero-order chi connectivity index (χ0) is 14.4. The second-order valence-electron chi connectivity index (χ2n) is 3.73. The molecule has 19 heavy (non-hydrogen) atoms. The van der Waals surface area contributed by atoms with Gasteiger partial charge in [0.05, 0.1) is 12.4 Å². The second-order valence-corrected chi connectivity index (χ2v) is 4.68. The molecule has 0 aliphatic carbocycles. The van der Waals surface area contributed by atoms with Crippen molar-refractivity contribution in [1.82, 2.24) is 14.8 Å². The Morgan fingerprint density at radius 3 is 2.63 bits per heavy atom. The summed E-state index contributed by atoms with van der Waals surface area (Å²) in [4.78, 5) is 22.4. The van der Waals surface area contributed by atoms with E-state index in [9.17, 15) is 9.59 Å². The first-order valence-corrected chi connectivity index (χ1v) is 6.94. The number of nitrogens with zero attached hydrogens (tertiary/aromatic N) is 3. The standard InChI is InChI=1S/C11H17N3O4S/c1-4-8-12-13-11(19-6-9(15)16)14(8)7(3)10(17)18-5-2/h7H,4-6H2,1-3H3,(H,15,16). The van der Waals surface area contributed by atoms with Gasteiger partial charge in [-0.2, -0.15) is 0 Å². The normalized spacial score (nSPS) is 12.2. The molecule has 0 radical (unpaired) electrons. The molecule has 0 aromatic carbocycles. The summed E-state index contributed by atoms with van der Waals surface area (Å²) < 4.78 is 6.60. The number of ether oxygens (including phenoxy) is 1. The minimum atomic E-state index is -0.943. The lowest BCUT2D eigenvalue weighted by molar-refractivity contribution is -0.146. The van der Waals surface area contributed by atoms with Crippen LogP contribution in [0, 0.1) is 0 Å². The predicted molar refractivity (Wildman–Crippen MR) is 69.1 cm³/mol. The molecule has 0 saturated heterocycles. The summed E-state index contributed by atoms with van der Waals surface area (Å²) >= 11 is 1.04. The molecule has 8 heteroatoms. The van der Waals surface area contributed by atoms with Gasteiger partial charge in [-0.1, -0.05) is 18.7 Å². The van der Waals surface area contributed by atoms with E-state index in [-0.39, 0.29) is 11.7 Å². The fourth-order valence-electron chi connectivity index (χ4n) is 1.53. The van der Waals surface area contributed by atoms with Gasteiger partial charge in [-0.15, -0.1) is 10.2 Å². The van der Waals surface area contributed by atoms with Crippen LogP contribution in [0.2, 0.25) is 0 Å². The maximum Gasteiger partial charge on any atom is 0.328 e. The van der Waals surface area contributed by atoms with Crippen LogP contribution >= 0.6 is 11.8 Å². The number of carbonyl (C=O) groups is 2. The average Bonchev–Trinajstić information content (AvgIpc) is 2.78. The number of carbonyl (C=O) groups excluding carboxylic acids is 1. The molecule has 1 heterocycles. The molecule has 1 rings (SSSR count). The van der Waals surface area contributed by atoms with Crippen molar-refractivity contribution in [2.24, 2.45) is 0 Å². The second kappa shape index (κ2) is 7.13. The van der Waals surface area contributed by atoms with Gasteiger partial charge >= 0.3 is 11.9 Å². The SMILES string of the molecule is CCOC(=O)C(C)n1c(CC)nnc1SCC(=O)O. The summed E-state index contributed by atoms with van der Waals surface area (Å²) in [7, 11) is 0. The summed E-state index contributed by atoms with van der Waals surface area (Å²) in [6.07, 6.45) is 0.602. The molecule has 1 N–H and O–H groups in total. The number of aryl methyl sites for hydroxylation is 1. The molecule has 1 atom stereocenters. The molecule has 0 aliphatic rings. The van der Waals surface area contributed by atoms with E-state index < -0.39 is 12.0 Å². The zero-order valence-electron chi connectivity index (χ0n) is 11.1. The molecule has 106 valence electrons. The summed E-state index contributed by atoms with van der Waals surface area (Å²) in [5.74, 6) is -0.818. The van der Waals surface area contributed by atoms with E-state index in [1.54, 1.807) is 18.4 Å². The van der Waals surface area contributed by atoms with Gasteiger partial charge in [0.2, 0.25) is 0 Å². The van der Waals surface area contributed by atoms with E-state index in [1.165, 1.54) is 0 Å². The van der Waals surface area contributed by atoms with E-state index in [1.807, 2.05) is 6.92 Å². The highest BCUT2D eigenvalue weighted by atomic mass is 32.2. The molecule has 0 spiro atoms. The molecule has 0 amide bonds. The number of carboxylic acids is 1. The van der Waals surface area contributed by atoms with Crippen LogP contribution in [0.4, 0.5) is 0 Å².